The second kappa shape index (κ2) is 7.85. The fourth-order valence-corrected chi connectivity index (χ4v) is 0.590. The fraction of sp³-hybridized carbons (Fsp3) is 0.333. The minimum atomic E-state index is -0.512. The topological polar surface area (TPSA) is 78.6 Å². The van der Waals surface area contributed by atoms with Gasteiger partial charge in [0, 0.05) is 24.8 Å². The van der Waals surface area contributed by atoms with Gasteiger partial charge in [-0.15, -0.1) is 0 Å². The van der Waals surface area contributed by atoms with Crippen molar-refractivity contribution in [1.82, 2.24) is 0 Å². The molecule has 14 heavy (non-hydrogen) atoms. The molecule has 0 aliphatic carbocycles. The van der Waals surface area contributed by atoms with Crippen LogP contribution in [0.3, 0.4) is 0 Å². The second-order valence-electron chi connectivity index (χ2n) is 2.25. The van der Waals surface area contributed by atoms with E-state index in [0.717, 1.165) is 18.4 Å². The number of hydrogen-bond acceptors (Lipinski definition) is 5. The van der Waals surface area contributed by atoms with Crippen molar-refractivity contribution in [1.29, 1.82) is 0 Å². The standard InChI is InChI=1S/C9H13NO4/c1-2-8(11)13-6-3-7-14-9(12)4-5-10/h2,4-5H,1,3,6-7,10H2. The molecular weight excluding hydrogens is 186 g/mol. The van der Waals surface area contributed by atoms with Crippen molar-refractivity contribution in [2.24, 2.45) is 5.73 Å². The van der Waals surface area contributed by atoms with Gasteiger partial charge in [0.25, 0.3) is 0 Å². The SMILES string of the molecule is C=CC(=O)OCCCOC(=O)C=CN. The Morgan fingerprint density at radius 3 is 2.29 bits per heavy atom. The zero-order valence-electron chi connectivity index (χ0n) is 7.77. The molecule has 0 aromatic carbocycles. The summed E-state index contributed by atoms with van der Waals surface area (Å²) in [4.78, 5) is 21.2. The van der Waals surface area contributed by atoms with Gasteiger partial charge in [-0.25, -0.2) is 9.59 Å². The molecule has 0 saturated carbocycles. The zero-order valence-corrected chi connectivity index (χ0v) is 7.77. The summed E-state index contributed by atoms with van der Waals surface area (Å²) >= 11 is 0. The molecule has 0 aliphatic heterocycles. The van der Waals surface area contributed by atoms with Gasteiger partial charge in [0.05, 0.1) is 13.2 Å². The van der Waals surface area contributed by atoms with Crippen LogP contribution in [0.5, 0.6) is 0 Å². The lowest BCUT2D eigenvalue weighted by molar-refractivity contribution is -0.140. The number of hydrogen-bond donors (Lipinski definition) is 1. The van der Waals surface area contributed by atoms with E-state index >= 15 is 0 Å². The van der Waals surface area contributed by atoms with Crippen molar-refractivity contribution in [3.63, 3.8) is 0 Å². The number of carbonyl (C=O) groups excluding carboxylic acids is 2. The van der Waals surface area contributed by atoms with Crippen LogP contribution in [0.1, 0.15) is 6.42 Å². The Kier molecular flexibility index (Phi) is 6.85. The van der Waals surface area contributed by atoms with E-state index in [0.29, 0.717) is 6.42 Å². The molecular formula is C9H13NO4. The lowest BCUT2D eigenvalue weighted by Crippen LogP contribution is -2.08. The lowest BCUT2D eigenvalue weighted by Gasteiger charge is -2.02. The van der Waals surface area contributed by atoms with Crippen LogP contribution >= 0.6 is 0 Å². The fourth-order valence-electron chi connectivity index (χ4n) is 0.590. The maximum Gasteiger partial charge on any atom is 0.332 e. The quantitative estimate of drug-likeness (QED) is 0.373. The summed E-state index contributed by atoms with van der Waals surface area (Å²) in [5.41, 5.74) is 4.96. The molecule has 0 bridgehead atoms. The van der Waals surface area contributed by atoms with E-state index in [9.17, 15) is 9.59 Å². The molecule has 5 nitrogen and oxygen atoms in total. The van der Waals surface area contributed by atoms with Gasteiger partial charge in [0.15, 0.2) is 0 Å². The highest BCUT2D eigenvalue weighted by Crippen LogP contribution is 1.88. The molecule has 0 amide bonds. The molecule has 0 aromatic rings. The summed E-state index contributed by atoms with van der Waals surface area (Å²) in [5, 5.41) is 0. The predicted molar refractivity (Wildman–Crippen MR) is 50.1 cm³/mol. The van der Waals surface area contributed by atoms with E-state index in [1.807, 2.05) is 0 Å². The lowest BCUT2D eigenvalue weighted by atomic mass is 10.5. The van der Waals surface area contributed by atoms with Gasteiger partial charge < -0.3 is 15.2 Å². The largest absolute Gasteiger partial charge is 0.462 e. The molecule has 2 N–H and O–H groups in total. The van der Waals surface area contributed by atoms with E-state index in [2.05, 4.69) is 16.1 Å². The summed E-state index contributed by atoms with van der Waals surface area (Å²) in [6.07, 6.45) is 3.72. The Morgan fingerprint density at radius 1 is 1.21 bits per heavy atom. The van der Waals surface area contributed by atoms with Crippen molar-refractivity contribution in [2.75, 3.05) is 13.2 Å². The molecule has 0 atom stereocenters. The monoisotopic (exact) mass is 199 g/mol. The third kappa shape index (κ3) is 6.90. The molecule has 0 saturated heterocycles. The maximum atomic E-state index is 10.7. The number of esters is 2. The number of nitrogens with two attached hydrogens (primary N) is 1. The van der Waals surface area contributed by atoms with Gasteiger partial charge in [0.2, 0.25) is 0 Å². The molecule has 78 valence electrons. The molecule has 0 aromatic heterocycles. The molecule has 0 fully saturated rings. The van der Waals surface area contributed by atoms with E-state index < -0.39 is 11.9 Å². The average Bonchev–Trinajstić information content (AvgIpc) is 2.17. The van der Waals surface area contributed by atoms with Gasteiger partial charge in [0.1, 0.15) is 0 Å². The Morgan fingerprint density at radius 2 is 1.79 bits per heavy atom. The Bertz CT molecular complexity index is 235. The van der Waals surface area contributed by atoms with Crippen molar-refractivity contribution in [3.05, 3.63) is 24.9 Å². The van der Waals surface area contributed by atoms with Crippen molar-refractivity contribution >= 4 is 11.9 Å². The van der Waals surface area contributed by atoms with Crippen molar-refractivity contribution in [2.45, 2.75) is 6.42 Å². The number of carbonyl (C=O) groups is 2. The zero-order chi connectivity index (χ0) is 10.8. The van der Waals surface area contributed by atoms with Crippen molar-refractivity contribution in [3.8, 4) is 0 Å². The van der Waals surface area contributed by atoms with E-state index in [4.69, 9.17) is 5.73 Å². The third-order valence-corrected chi connectivity index (χ3v) is 1.18. The molecule has 0 radical (unpaired) electrons. The van der Waals surface area contributed by atoms with Crippen LogP contribution in [0.2, 0.25) is 0 Å². The predicted octanol–water partition coefficient (Wildman–Crippen LogP) is 0.121. The van der Waals surface area contributed by atoms with E-state index in [-0.39, 0.29) is 13.2 Å². The molecule has 5 heteroatoms. The highest BCUT2D eigenvalue weighted by atomic mass is 16.5. The molecule has 0 unspecified atom stereocenters. The number of ether oxygens (including phenoxy) is 2. The second-order valence-corrected chi connectivity index (χ2v) is 2.25. The summed E-state index contributed by atoms with van der Waals surface area (Å²) in [5.74, 6) is -0.999. The number of rotatable bonds is 6. The first-order chi connectivity index (χ1) is 6.70. The van der Waals surface area contributed by atoms with Gasteiger partial charge in [-0.3, -0.25) is 0 Å². The van der Waals surface area contributed by atoms with Gasteiger partial charge >= 0.3 is 11.9 Å². The Balaban J connectivity index is 3.34. The Labute approximate surface area is 82.2 Å². The summed E-state index contributed by atoms with van der Waals surface area (Å²) in [6.45, 7) is 3.62. The molecule has 0 heterocycles. The van der Waals surface area contributed by atoms with Crippen LogP contribution < -0.4 is 5.73 Å². The van der Waals surface area contributed by atoms with Gasteiger partial charge in [-0.1, -0.05) is 6.58 Å². The van der Waals surface area contributed by atoms with E-state index in [1.54, 1.807) is 0 Å². The van der Waals surface area contributed by atoms with Crippen LogP contribution in [-0.4, -0.2) is 25.2 Å². The first-order valence-electron chi connectivity index (χ1n) is 4.05. The average molecular weight is 199 g/mol. The van der Waals surface area contributed by atoms with E-state index in [1.165, 1.54) is 0 Å². The first-order valence-corrected chi connectivity index (χ1v) is 4.05. The van der Waals surface area contributed by atoms with Crippen molar-refractivity contribution < 1.29 is 19.1 Å². The summed E-state index contributed by atoms with van der Waals surface area (Å²) in [6, 6.07) is 0. The molecule has 0 aliphatic rings. The van der Waals surface area contributed by atoms with Crippen LogP contribution in [-0.2, 0) is 19.1 Å². The minimum absolute atomic E-state index is 0.188. The van der Waals surface area contributed by atoms with Crippen LogP contribution in [0.25, 0.3) is 0 Å². The van der Waals surface area contributed by atoms with Crippen LogP contribution in [0.4, 0.5) is 0 Å². The van der Waals surface area contributed by atoms with Crippen LogP contribution in [0.15, 0.2) is 24.9 Å². The highest BCUT2D eigenvalue weighted by Gasteiger charge is 1.97. The first kappa shape index (κ1) is 12.2. The minimum Gasteiger partial charge on any atom is -0.462 e. The normalized spacial score (nSPS) is 9.71. The summed E-state index contributed by atoms with van der Waals surface area (Å²) < 4.78 is 9.32. The Hall–Kier alpha value is -1.78. The van der Waals surface area contributed by atoms with Crippen LogP contribution in [0, 0.1) is 0 Å². The summed E-state index contributed by atoms with van der Waals surface area (Å²) in [7, 11) is 0. The molecule has 0 spiro atoms. The maximum absolute atomic E-state index is 10.7. The third-order valence-electron chi connectivity index (χ3n) is 1.18. The molecule has 0 rings (SSSR count). The highest BCUT2D eigenvalue weighted by molar-refractivity contribution is 5.81. The smallest absolute Gasteiger partial charge is 0.332 e. The van der Waals surface area contributed by atoms with Gasteiger partial charge in [-0.2, -0.15) is 0 Å². The van der Waals surface area contributed by atoms with Gasteiger partial charge in [-0.05, 0) is 0 Å².